The third-order valence-electron chi connectivity index (χ3n) is 2.61. The van der Waals surface area contributed by atoms with Gasteiger partial charge in [0.05, 0.1) is 0 Å². The van der Waals surface area contributed by atoms with Gasteiger partial charge in [-0.05, 0) is 5.92 Å². The van der Waals surface area contributed by atoms with Crippen molar-refractivity contribution in [3.8, 4) is 5.97 Å². The highest BCUT2D eigenvalue weighted by molar-refractivity contribution is 6.67. The predicted molar refractivity (Wildman–Crippen MR) is 44.0 cm³/mol. The maximum atomic E-state index is 8.60. The van der Waals surface area contributed by atoms with Gasteiger partial charge in [0.15, 0.2) is 0 Å². The second kappa shape index (κ2) is 3.66. The van der Waals surface area contributed by atoms with E-state index in [-0.39, 0.29) is 0 Å². The third kappa shape index (κ3) is 1.77. The van der Waals surface area contributed by atoms with Gasteiger partial charge in [0.1, 0.15) is 0 Å². The minimum atomic E-state index is 0.378. The molecule has 0 saturated carbocycles. The predicted octanol–water partition coefficient (Wildman–Crippen LogP) is 2.36. The fraction of sp³-hybridized carbons (Fsp3) is 0.875. The molecule has 1 nitrogen and oxygen atoms in total. The molecular weight excluding hydrogens is 121 g/mol. The molecule has 0 amide bonds. The lowest BCUT2D eigenvalue weighted by atomic mass is 9.41. The van der Waals surface area contributed by atoms with Crippen molar-refractivity contribution in [2.24, 2.45) is 5.92 Å². The molecule has 1 aliphatic rings. The normalized spacial score (nSPS) is 20.6. The van der Waals surface area contributed by atoms with E-state index >= 15 is 0 Å². The Morgan fingerprint density at radius 2 is 2.10 bits per heavy atom. The van der Waals surface area contributed by atoms with Crippen LogP contribution in [0, 0.1) is 17.1 Å². The van der Waals surface area contributed by atoms with Gasteiger partial charge in [-0.3, -0.25) is 0 Å². The van der Waals surface area contributed by atoms with Crippen LogP contribution < -0.4 is 0 Å². The molecule has 0 N–H and O–H groups in total. The van der Waals surface area contributed by atoms with E-state index in [1.165, 1.54) is 19.3 Å². The van der Waals surface area contributed by atoms with Crippen LogP contribution >= 0.6 is 0 Å². The molecule has 1 aliphatic heterocycles. The molecule has 0 unspecified atom stereocenters. The van der Waals surface area contributed by atoms with Crippen LogP contribution in [0.5, 0.6) is 0 Å². The quantitative estimate of drug-likeness (QED) is 0.506. The number of hydrogen-bond acceptors (Lipinski definition) is 1. The highest BCUT2D eigenvalue weighted by atomic mass is 14.2. The van der Waals surface area contributed by atoms with Crippen LogP contribution in [0.25, 0.3) is 0 Å². The van der Waals surface area contributed by atoms with Crippen molar-refractivity contribution in [1.82, 2.24) is 0 Å². The number of nitriles is 1. The molecule has 10 heavy (non-hydrogen) atoms. The number of hydrogen-bond donors (Lipinski definition) is 0. The van der Waals surface area contributed by atoms with E-state index in [1.54, 1.807) is 0 Å². The van der Waals surface area contributed by atoms with E-state index in [0.717, 1.165) is 18.6 Å². The van der Waals surface area contributed by atoms with E-state index in [0.29, 0.717) is 6.71 Å². The molecular formula is C8H14BN. The molecule has 0 spiro atoms. The highest BCUT2D eigenvalue weighted by Crippen LogP contribution is 2.26. The van der Waals surface area contributed by atoms with Gasteiger partial charge < -0.3 is 0 Å². The molecule has 0 aromatic carbocycles. The van der Waals surface area contributed by atoms with Gasteiger partial charge in [-0.1, -0.05) is 38.8 Å². The van der Waals surface area contributed by atoms with Crippen LogP contribution in [0.2, 0.25) is 12.6 Å². The van der Waals surface area contributed by atoms with Gasteiger partial charge in [0.25, 0.3) is 6.71 Å². The Morgan fingerprint density at radius 3 is 2.50 bits per heavy atom. The molecule has 0 radical (unpaired) electrons. The van der Waals surface area contributed by atoms with Crippen molar-refractivity contribution < 1.29 is 0 Å². The van der Waals surface area contributed by atoms with Gasteiger partial charge in [0.2, 0.25) is 0 Å². The molecule has 1 saturated heterocycles. The molecule has 0 aromatic rings. The second-order valence-corrected chi connectivity index (χ2v) is 3.25. The maximum Gasteiger partial charge on any atom is 0.267 e. The van der Waals surface area contributed by atoms with Crippen molar-refractivity contribution in [3.63, 3.8) is 0 Å². The zero-order valence-corrected chi connectivity index (χ0v) is 6.64. The minimum Gasteiger partial charge on any atom is -0.213 e. The summed E-state index contributed by atoms with van der Waals surface area (Å²) < 4.78 is 0. The summed E-state index contributed by atoms with van der Waals surface area (Å²) in [7, 11) is 0. The summed E-state index contributed by atoms with van der Waals surface area (Å²) in [4.78, 5) is 0. The average Bonchev–Trinajstić information content (AvgIpc) is 2.05. The summed E-state index contributed by atoms with van der Waals surface area (Å²) in [6.45, 7) is 2.62. The molecule has 0 atom stereocenters. The summed E-state index contributed by atoms with van der Waals surface area (Å²) in [5.41, 5.74) is 0. The van der Waals surface area contributed by atoms with Crippen molar-refractivity contribution >= 4 is 6.71 Å². The third-order valence-corrected chi connectivity index (χ3v) is 2.61. The Morgan fingerprint density at radius 1 is 1.50 bits per heavy atom. The van der Waals surface area contributed by atoms with Crippen LogP contribution in [-0.2, 0) is 0 Å². The van der Waals surface area contributed by atoms with E-state index in [1.807, 2.05) is 0 Å². The summed E-state index contributed by atoms with van der Waals surface area (Å²) in [6, 6.07) is 0. The van der Waals surface area contributed by atoms with Crippen molar-refractivity contribution in [2.45, 2.75) is 38.8 Å². The van der Waals surface area contributed by atoms with Crippen molar-refractivity contribution in [1.29, 1.82) is 5.26 Å². The van der Waals surface area contributed by atoms with Crippen LogP contribution in [0.1, 0.15) is 26.2 Å². The first-order valence-electron chi connectivity index (χ1n) is 4.26. The van der Waals surface area contributed by atoms with Crippen LogP contribution in [0.4, 0.5) is 0 Å². The summed E-state index contributed by atoms with van der Waals surface area (Å²) in [6.07, 6.45) is 6.17. The molecule has 1 heterocycles. The molecule has 1 rings (SSSR count). The van der Waals surface area contributed by atoms with Gasteiger partial charge in [-0.2, -0.15) is 0 Å². The topological polar surface area (TPSA) is 23.8 Å². The summed E-state index contributed by atoms with van der Waals surface area (Å²) in [5, 5.41) is 8.60. The van der Waals surface area contributed by atoms with Gasteiger partial charge in [-0.15, -0.1) is 0 Å². The van der Waals surface area contributed by atoms with Crippen LogP contribution in [-0.4, -0.2) is 6.71 Å². The van der Waals surface area contributed by atoms with Crippen LogP contribution in [0.15, 0.2) is 0 Å². The summed E-state index contributed by atoms with van der Waals surface area (Å²) in [5.74, 6) is 3.27. The lowest BCUT2D eigenvalue weighted by molar-refractivity contribution is 0.459. The lowest BCUT2D eigenvalue weighted by Gasteiger charge is -2.21. The standard InChI is InChI=1S/C8H14BN/c1-2-8-3-5-9(7-10)6-4-8/h8H,2-6H2,1H3. The Bertz CT molecular complexity index is 131. The zero-order chi connectivity index (χ0) is 7.40. The fourth-order valence-electron chi connectivity index (χ4n) is 1.70. The monoisotopic (exact) mass is 135 g/mol. The number of nitrogens with zero attached hydrogens (tertiary/aromatic N) is 1. The Hall–Kier alpha value is -0.445. The van der Waals surface area contributed by atoms with E-state index in [4.69, 9.17) is 5.26 Å². The lowest BCUT2D eigenvalue weighted by Crippen LogP contribution is -2.19. The molecule has 2 heteroatoms. The first kappa shape index (κ1) is 7.66. The van der Waals surface area contributed by atoms with Crippen molar-refractivity contribution in [2.75, 3.05) is 0 Å². The first-order chi connectivity index (χ1) is 4.86. The second-order valence-electron chi connectivity index (χ2n) is 3.25. The summed E-state index contributed by atoms with van der Waals surface area (Å²) >= 11 is 0. The molecule has 0 bridgehead atoms. The van der Waals surface area contributed by atoms with E-state index in [2.05, 4.69) is 12.9 Å². The smallest absolute Gasteiger partial charge is 0.213 e. The molecule has 0 aromatic heterocycles. The Balaban J connectivity index is 2.25. The Kier molecular flexibility index (Phi) is 2.80. The van der Waals surface area contributed by atoms with Crippen LogP contribution in [0.3, 0.4) is 0 Å². The SMILES string of the molecule is CCC1CCB(C#N)CC1. The van der Waals surface area contributed by atoms with E-state index < -0.39 is 0 Å². The zero-order valence-electron chi connectivity index (χ0n) is 6.64. The fourth-order valence-corrected chi connectivity index (χ4v) is 1.70. The molecule has 0 aliphatic carbocycles. The molecule has 54 valence electrons. The molecule has 1 fully saturated rings. The van der Waals surface area contributed by atoms with Gasteiger partial charge in [-0.25, -0.2) is 5.26 Å². The maximum absolute atomic E-state index is 8.60. The van der Waals surface area contributed by atoms with E-state index in [9.17, 15) is 0 Å². The largest absolute Gasteiger partial charge is 0.267 e. The first-order valence-corrected chi connectivity index (χ1v) is 4.26. The van der Waals surface area contributed by atoms with Gasteiger partial charge >= 0.3 is 0 Å². The highest BCUT2D eigenvalue weighted by Gasteiger charge is 2.22. The van der Waals surface area contributed by atoms with Crippen molar-refractivity contribution in [3.05, 3.63) is 0 Å². The number of rotatable bonds is 1. The minimum absolute atomic E-state index is 0.378. The van der Waals surface area contributed by atoms with Gasteiger partial charge in [0, 0.05) is 5.97 Å². The average molecular weight is 135 g/mol. The Labute approximate surface area is 63.5 Å².